The zero-order valence-corrected chi connectivity index (χ0v) is 24.9. The largest absolute Gasteiger partial charge is 0.497 e. The van der Waals surface area contributed by atoms with Crippen LogP contribution >= 0.6 is 11.3 Å². The molecular weight excluding hydrogens is 536 g/mol. The molecule has 0 saturated heterocycles. The molecule has 0 saturated carbocycles. The second-order valence-electron chi connectivity index (χ2n) is 9.30. The van der Waals surface area contributed by atoms with Crippen LogP contribution < -0.4 is 15.4 Å². The van der Waals surface area contributed by atoms with Crippen molar-refractivity contribution in [2.45, 2.75) is 52.4 Å². The molecule has 3 rings (SSSR count). The fraction of sp³-hybridized carbons (Fsp3) is 0.323. The summed E-state index contributed by atoms with van der Waals surface area (Å²) in [5.74, 6) is 1.57. The summed E-state index contributed by atoms with van der Waals surface area (Å²) >= 11 is 1.53. The van der Waals surface area contributed by atoms with E-state index in [9.17, 15) is 4.79 Å². The van der Waals surface area contributed by atoms with E-state index < -0.39 is 0 Å². The molecule has 2 heterocycles. The van der Waals surface area contributed by atoms with Crippen molar-refractivity contribution in [1.82, 2.24) is 20.4 Å². The average molecular weight is 575 g/mol. The lowest BCUT2D eigenvalue weighted by molar-refractivity contribution is -0.115. The maximum Gasteiger partial charge on any atom is 0.229 e. The second kappa shape index (κ2) is 16.1. The molecule has 3 aromatic rings. The number of carbonyl (C=O) groups excluding carboxylic acids is 1. The van der Waals surface area contributed by atoms with Crippen LogP contribution in [-0.2, 0) is 28.8 Å². The predicted molar refractivity (Wildman–Crippen MR) is 166 cm³/mol. The van der Waals surface area contributed by atoms with Crippen LogP contribution in [0.25, 0.3) is 5.76 Å². The summed E-state index contributed by atoms with van der Waals surface area (Å²) in [5.41, 5.74) is 4.32. The van der Waals surface area contributed by atoms with Crippen molar-refractivity contribution in [2.24, 2.45) is 0 Å². The van der Waals surface area contributed by atoms with Crippen LogP contribution in [0, 0.1) is 0 Å². The molecule has 41 heavy (non-hydrogen) atoms. The summed E-state index contributed by atoms with van der Waals surface area (Å²) in [7, 11) is 1.59. The van der Waals surface area contributed by atoms with E-state index in [-0.39, 0.29) is 12.3 Å². The molecule has 0 aliphatic carbocycles. The zero-order valence-electron chi connectivity index (χ0n) is 24.0. The number of rotatable bonds is 17. The minimum absolute atomic E-state index is 0.163. The SMILES string of the molecule is C=C(/C=C\C)CC(=O)Nc1ccc(CCCCc2nnc(NC(=C)Cc3ccc(C(=C)OC)c(OCC)c3)s2)nn1. The number of benzene rings is 1. The summed E-state index contributed by atoms with van der Waals surface area (Å²) < 4.78 is 11.1. The average Bonchev–Trinajstić information content (AvgIpc) is 3.38. The van der Waals surface area contributed by atoms with Crippen molar-refractivity contribution in [1.29, 1.82) is 0 Å². The molecular formula is C31H38N6O3S. The van der Waals surface area contributed by atoms with E-state index in [0.717, 1.165) is 69.7 Å². The maximum absolute atomic E-state index is 12.0. The van der Waals surface area contributed by atoms with Gasteiger partial charge in [0.15, 0.2) is 5.82 Å². The molecule has 0 atom stereocenters. The number of allylic oxidation sites excluding steroid dienone is 3. The highest BCUT2D eigenvalue weighted by Crippen LogP contribution is 2.28. The van der Waals surface area contributed by atoms with Gasteiger partial charge in [-0.2, -0.15) is 5.10 Å². The van der Waals surface area contributed by atoms with Gasteiger partial charge >= 0.3 is 0 Å². The lowest BCUT2D eigenvalue weighted by Gasteiger charge is -2.14. The lowest BCUT2D eigenvalue weighted by Crippen LogP contribution is -2.13. The number of carbonyl (C=O) groups is 1. The van der Waals surface area contributed by atoms with Gasteiger partial charge in [-0.05, 0) is 68.5 Å². The Kier molecular flexibility index (Phi) is 12.2. The Morgan fingerprint density at radius 1 is 1.02 bits per heavy atom. The van der Waals surface area contributed by atoms with Gasteiger partial charge in [0.25, 0.3) is 0 Å². The van der Waals surface area contributed by atoms with Crippen LogP contribution in [0.4, 0.5) is 10.9 Å². The number of nitrogens with zero attached hydrogens (tertiary/aromatic N) is 4. The maximum atomic E-state index is 12.0. The lowest BCUT2D eigenvalue weighted by atomic mass is 10.1. The Morgan fingerprint density at radius 2 is 1.83 bits per heavy atom. The Balaban J connectivity index is 1.41. The third kappa shape index (κ3) is 10.3. The Morgan fingerprint density at radius 3 is 2.54 bits per heavy atom. The number of unbranched alkanes of at least 4 members (excludes halogenated alkanes) is 1. The first kappa shape index (κ1) is 31.2. The van der Waals surface area contributed by atoms with Gasteiger partial charge < -0.3 is 20.1 Å². The number of amides is 1. The first-order valence-corrected chi connectivity index (χ1v) is 14.3. The highest BCUT2D eigenvalue weighted by Gasteiger charge is 2.11. The van der Waals surface area contributed by atoms with Crippen molar-refractivity contribution in [3.05, 3.63) is 95.3 Å². The van der Waals surface area contributed by atoms with E-state index in [1.807, 2.05) is 50.3 Å². The minimum Gasteiger partial charge on any atom is -0.497 e. The molecule has 0 bridgehead atoms. The van der Waals surface area contributed by atoms with Crippen LogP contribution in [0.3, 0.4) is 0 Å². The van der Waals surface area contributed by atoms with Crippen LogP contribution in [0.2, 0.25) is 0 Å². The van der Waals surface area contributed by atoms with Crippen molar-refractivity contribution >= 4 is 34.0 Å². The van der Waals surface area contributed by atoms with E-state index in [4.69, 9.17) is 9.47 Å². The van der Waals surface area contributed by atoms with Gasteiger partial charge in [-0.3, -0.25) is 4.79 Å². The number of hydrogen-bond donors (Lipinski definition) is 2. The van der Waals surface area contributed by atoms with Crippen molar-refractivity contribution < 1.29 is 14.3 Å². The molecule has 10 heteroatoms. The van der Waals surface area contributed by atoms with Gasteiger partial charge in [-0.15, -0.1) is 15.3 Å². The van der Waals surface area contributed by atoms with E-state index in [2.05, 4.69) is 50.8 Å². The second-order valence-corrected chi connectivity index (χ2v) is 10.4. The van der Waals surface area contributed by atoms with Gasteiger partial charge in [-0.1, -0.05) is 49.3 Å². The number of methoxy groups -OCH3 is 1. The third-order valence-corrected chi connectivity index (χ3v) is 6.81. The summed E-state index contributed by atoms with van der Waals surface area (Å²) in [6, 6.07) is 9.61. The van der Waals surface area contributed by atoms with Crippen LogP contribution in [0.5, 0.6) is 5.75 Å². The van der Waals surface area contributed by atoms with Crippen LogP contribution in [-0.4, -0.2) is 40.0 Å². The molecule has 0 spiro atoms. The Labute approximate surface area is 246 Å². The normalized spacial score (nSPS) is 10.8. The minimum atomic E-state index is -0.163. The number of aryl methyl sites for hydroxylation is 2. The van der Waals surface area contributed by atoms with Crippen LogP contribution in [0.1, 0.15) is 54.9 Å². The molecule has 0 aliphatic heterocycles. The predicted octanol–water partition coefficient (Wildman–Crippen LogP) is 6.54. The number of ether oxygens (including phenoxy) is 2. The number of aromatic nitrogens is 4. The van der Waals surface area contributed by atoms with E-state index >= 15 is 0 Å². The van der Waals surface area contributed by atoms with Crippen molar-refractivity contribution in [3.8, 4) is 5.75 Å². The third-order valence-electron chi connectivity index (χ3n) is 5.91. The molecule has 9 nitrogen and oxygen atoms in total. The molecule has 0 fully saturated rings. The molecule has 2 N–H and O–H groups in total. The van der Waals surface area contributed by atoms with Gasteiger partial charge in [0.1, 0.15) is 16.5 Å². The summed E-state index contributed by atoms with van der Waals surface area (Å²) in [5, 5.41) is 24.6. The molecule has 1 amide bonds. The fourth-order valence-corrected chi connectivity index (χ4v) is 4.80. The fourth-order valence-electron chi connectivity index (χ4n) is 3.97. The smallest absolute Gasteiger partial charge is 0.229 e. The summed E-state index contributed by atoms with van der Waals surface area (Å²) in [4.78, 5) is 12.0. The molecule has 0 unspecified atom stereocenters. The van der Waals surface area contributed by atoms with E-state index in [1.165, 1.54) is 11.3 Å². The molecule has 2 aromatic heterocycles. The molecule has 0 radical (unpaired) electrons. The first-order chi connectivity index (χ1) is 19.8. The van der Waals surface area contributed by atoms with Crippen molar-refractivity contribution in [3.63, 3.8) is 0 Å². The van der Waals surface area contributed by atoms with Crippen molar-refractivity contribution in [2.75, 3.05) is 24.4 Å². The highest BCUT2D eigenvalue weighted by atomic mass is 32.1. The number of nitrogens with one attached hydrogen (secondary N) is 2. The van der Waals surface area contributed by atoms with Gasteiger partial charge in [0, 0.05) is 18.5 Å². The monoisotopic (exact) mass is 574 g/mol. The van der Waals surface area contributed by atoms with Crippen LogP contribution in [0.15, 0.2) is 73.5 Å². The standard InChI is InChI=1S/C31H38N6O3S/c1-7-11-21(3)18-29(38)33-28-17-15-25(34-35-28)12-9-10-13-30-36-37-31(41-30)32-22(4)19-24-14-16-26(23(5)39-6)27(20-24)40-8-2/h7,11,14-17,20H,3-5,8-10,12-13,18-19H2,1-2,6H3,(H,32,37)(H,33,35,38)/b11-7-. The number of hydrogen-bond acceptors (Lipinski definition) is 9. The Bertz CT molecular complexity index is 1380. The summed E-state index contributed by atoms with van der Waals surface area (Å²) in [6.45, 7) is 16.3. The quantitative estimate of drug-likeness (QED) is 0.106. The van der Waals surface area contributed by atoms with E-state index in [1.54, 1.807) is 13.2 Å². The highest BCUT2D eigenvalue weighted by molar-refractivity contribution is 7.15. The molecule has 1 aromatic carbocycles. The topological polar surface area (TPSA) is 111 Å². The molecule has 216 valence electrons. The zero-order chi connectivity index (χ0) is 29.6. The summed E-state index contributed by atoms with van der Waals surface area (Å²) in [6.07, 6.45) is 8.00. The van der Waals surface area contributed by atoms with E-state index in [0.29, 0.717) is 24.6 Å². The molecule has 0 aliphatic rings. The Hall–Kier alpha value is -4.31. The van der Waals surface area contributed by atoms with Gasteiger partial charge in [0.05, 0.1) is 31.4 Å². The first-order valence-electron chi connectivity index (χ1n) is 13.5. The van der Waals surface area contributed by atoms with Gasteiger partial charge in [0.2, 0.25) is 11.0 Å². The van der Waals surface area contributed by atoms with Gasteiger partial charge in [-0.25, -0.2) is 0 Å². The number of anilines is 2.